The highest BCUT2D eigenvalue weighted by Crippen LogP contribution is 2.14. The third-order valence-corrected chi connectivity index (χ3v) is 2.75. The highest BCUT2D eigenvalue weighted by molar-refractivity contribution is 5.03. The van der Waals surface area contributed by atoms with Gasteiger partial charge in [-0.25, -0.2) is 0 Å². The van der Waals surface area contributed by atoms with Gasteiger partial charge in [-0.1, -0.05) is 0 Å². The summed E-state index contributed by atoms with van der Waals surface area (Å²) >= 11 is 0. The lowest BCUT2D eigenvalue weighted by Gasteiger charge is -2.26. The van der Waals surface area contributed by atoms with E-state index < -0.39 is 0 Å². The van der Waals surface area contributed by atoms with Crippen molar-refractivity contribution in [2.45, 2.75) is 31.8 Å². The van der Waals surface area contributed by atoms with Gasteiger partial charge in [-0.05, 0) is 38.4 Å². The van der Waals surface area contributed by atoms with E-state index in [4.69, 9.17) is 4.42 Å². The van der Waals surface area contributed by atoms with E-state index in [0.717, 1.165) is 18.8 Å². The SMILES string of the molecule is C[C@@H](N[C@H]1CCCNC1)c1ccco1. The average Bonchev–Trinajstić information content (AvgIpc) is 2.72. The fraction of sp³-hybridized carbons (Fsp3) is 0.636. The van der Waals surface area contributed by atoms with Gasteiger partial charge in [0.25, 0.3) is 0 Å². The van der Waals surface area contributed by atoms with Gasteiger partial charge in [0.05, 0.1) is 12.3 Å². The Morgan fingerprint density at radius 3 is 3.21 bits per heavy atom. The molecule has 0 aliphatic carbocycles. The minimum atomic E-state index is 0.315. The molecular formula is C11H18N2O. The minimum absolute atomic E-state index is 0.315. The normalized spacial score (nSPS) is 24.8. The van der Waals surface area contributed by atoms with Crippen molar-refractivity contribution < 1.29 is 4.42 Å². The van der Waals surface area contributed by atoms with Gasteiger partial charge in [0.1, 0.15) is 5.76 Å². The van der Waals surface area contributed by atoms with E-state index in [9.17, 15) is 0 Å². The third-order valence-electron chi connectivity index (χ3n) is 2.75. The Morgan fingerprint density at radius 2 is 2.57 bits per heavy atom. The summed E-state index contributed by atoms with van der Waals surface area (Å²) in [4.78, 5) is 0. The van der Waals surface area contributed by atoms with E-state index in [-0.39, 0.29) is 0 Å². The van der Waals surface area contributed by atoms with E-state index in [2.05, 4.69) is 17.6 Å². The van der Waals surface area contributed by atoms with Crippen LogP contribution in [0.4, 0.5) is 0 Å². The van der Waals surface area contributed by atoms with Crippen molar-refractivity contribution in [3.05, 3.63) is 24.2 Å². The molecule has 14 heavy (non-hydrogen) atoms. The second-order valence-electron chi connectivity index (χ2n) is 3.95. The molecular weight excluding hydrogens is 176 g/mol. The van der Waals surface area contributed by atoms with E-state index in [1.54, 1.807) is 6.26 Å². The van der Waals surface area contributed by atoms with Gasteiger partial charge >= 0.3 is 0 Å². The number of nitrogens with one attached hydrogen (secondary N) is 2. The molecule has 3 nitrogen and oxygen atoms in total. The van der Waals surface area contributed by atoms with Crippen molar-refractivity contribution in [3.8, 4) is 0 Å². The summed E-state index contributed by atoms with van der Waals surface area (Å²) in [6, 6.07) is 4.86. The number of hydrogen-bond acceptors (Lipinski definition) is 3. The molecule has 1 fully saturated rings. The quantitative estimate of drug-likeness (QED) is 0.768. The van der Waals surface area contributed by atoms with Crippen LogP contribution in [-0.4, -0.2) is 19.1 Å². The molecule has 0 unspecified atom stereocenters. The fourth-order valence-electron chi connectivity index (χ4n) is 1.97. The number of piperidine rings is 1. The Bertz CT molecular complexity index is 252. The van der Waals surface area contributed by atoms with E-state index >= 15 is 0 Å². The predicted octanol–water partition coefficient (Wildman–Crippen LogP) is 1.68. The monoisotopic (exact) mass is 194 g/mol. The van der Waals surface area contributed by atoms with Gasteiger partial charge < -0.3 is 15.1 Å². The fourth-order valence-corrected chi connectivity index (χ4v) is 1.97. The molecule has 3 heteroatoms. The summed E-state index contributed by atoms with van der Waals surface area (Å²) < 4.78 is 5.35. The standard InChI is InChI=1S/C11H18N2O/c1-9(11-5-3-7-14-11)13-10-4-2-6-12-8-10/h3,5,7,9-10,12-13H,2,4,6,8H2,1H3/t9-,10+/m1/s1. The van der Waals surface area contributed by atoms with Crippen molar-refractivity contribution in [1.82, 2.24) is 10.6 Å². The van der Waals surface area contributed by atoms with Crippen molar-refractivity contribution in [2.75, 3.05) is 13.1 Å². The molecule has 0 saturated carbocycles. The van der Waals surface area contributed by atoms with Crippen LogP contribution in [0, 0.1) is 0 Å². The second-order valence-corrected chi connectivity index (χ2v) is 3.95. The molecule has 0 amide bonds. The first kappa shape index (κ1) is 9.74. The van der Waals surface area contributed by atoms with Gasteiger partial charge in [0.2, 0.25) is 0 Å². The summed E-state index contributed by atoms with van der Waals surface area (Å²) in [6.07, 6.45) is 4.26. The maximum Gasteiger partial charge on any atom is 0.120 e. The molecule has 1 aliphatic rings. The Kier molecular flexibility index (Phi) is 3.22. The van der Waals surface area contributed by atoms with Gasteiger partial charge in [-0.15, -0.1) is 0 Å². The zero-order chi connectivity index (χ0) is 9.80. The Balaban J connectivity index is 1.84. The molecule has 0 radical (unpaired) electrons. The zero-order valence-electron chi connectivity index (χ0n) is 8.62. The van der Waals surface area contributed by atoms with Crippen molar-refractivity contribution >= 4 is 0 Å². The van der Waals surface area contributed by atoms with Crippen LogP contribution in [0.25, 0.3) is 0 Å². The lowest BCUT2D eigenvalue weighted by molar-refractivity contribution is 0.335. The zero-order valence-corrected chi connectivity index (χ0v) is 8.62. The first-order chi connectivity index (χ1) is 6.86. The van der Waals surface area contributed by atoms with Gasteiger partial charge in [0.15, 0.2) is 0 Å². The van der Waals surface area contributed by atoms with Crippen molar-refractivity contribution in [3.63, 3.8) is 0 Å². The number of rotatable bonds is 3. The van der Waals surface area contributed by atoms with Crippen molar-refractivity contribution in [2.24, 2.45) is 0 Å². The molecule has 0 bridgehead atoms. The molecule has 1 aliphatic heterocycles. The van der Waals surface area contributed by atoms with Crippen LogP contribution in [0.15, 0.2) is 22.8 Å². The maximum atomic E-state index is 5.35. The topological polar surface area (TPSA) is 37.2 Å². The van der Waals surface area contributed by atoms with E-state index in [1.807, 2.05) is 12.1 Å². The summed E-state index contributed by atoms with van der Waals surface area (Å²) in [6.45, 7) is 4.38. The number of hydrogen-bond donors (Lipinski definition) is 2. The highest BCUT2D eigenvalue weighted by atomic mass is 16.3. The maximum absolute atomic E-state index is 5.35. The Labute approximate surface area is 84.9 Å². The van der Waals surface area contributed by atoms with Crippen LogP contribution < -0.4 is 10.6 Å². The predicted molar refractivity (Wildman–Crippen MR) is 56.2 cm³/mol. The molecule has 2 atom stereocenters. The first-order valence-electron chi connectivity index (χ1n) is 5.36. The molecule has 1 aromatic rings. The largest absolute Gasteiger partial charge is 0.468 e. The lowest BCUT2D eigenvalue weighted by atomic mass is 10.1. The van der Waals surface area contributed by atoms with Crippen LogP contribution in [0.5, 0.6) is 0 Å². The van der Waals surface area contributed by atoms with Crippen molar-refractivity contribution in [1.29, 1.82) is 0 Å². The summed E-state index contributed by atoms with van der Waals surface area (Å²) in [5.41, 5.74) is 0. The van der Waals surface area contributed by atoms with Crippen LogP contribution in [-0.2, 0) is 0 Å². The van der Waals surface area contributed by atoms with Crippen LogP contribution in [0.1, 0.15) is 31.6 Å². The third kappa shape index (κ3) is 2.36. The average molecular weight is 194 g/mol. The van der Waals surface area contributed by atoms with E-state index in [1.165, 1.54) is 12.8 Å². The smallest absolute Gasteiger partial charge is 0.120 e. The summed E-state index contributed by atoms with van der Waals surface area (Å²) in [5, 5.41) is 6.96. The summed E-state index contributed by atoms with van der Waals surface area (Å²) in [5.74, 6) is 1.02. The van der Waals surface area contributed by atoms with Gasteiger partial charge in [-0.2, -0.15) is 0 Å². The molecule has 1 saturated heterocycles. The molecule has 2 rings (SSSR count). The molecule has 78 valence electrons. The summed E-state index contributed by atoms with van der Waals surface area (Å²) in [7, 11) is 0. The molecule has 2 heterocycles. The first-order valence-corrected chi connectivity index (χ1v) is 5.36. The van der Waals surface area contributed by atoms with Gasteiger partial charge in [0, 0.05) is 12.6 Å². The Hall–Kier alpha value is -0.800. The second kappa shape index (κ2) is 4.62. The molecule has 1 aromatic heterocycles. The van der Waals surface area contributed by atoms with Gasteiger partial charge in [-0.3, -0.25) is 0 Å². The molecule has 0 aromatic carbocycles. The van der Waals surface area contributed by atoms with Crippen LogP contribution in [0.2, 0.25) is 0 Å². The minimum Gasteiger partial charge on any atom is -0.468 e. The number of furan rings is 1. The van der Waals surface area contributed by atoms with Crippen LogP contribution in [0.3, 0.4) is 0 Å². The molecule has 0 spiro atoms. The Morgan fingerprint density at radius 1 is 1.64 bits per heavy atom. The van der Waals surface area contributed by atoms with Crippen LogP contribution >= 0.6 is 0 Å². The molecule has 2 N–H and O–H groups in total. The van der Waals surface area contributed by atoms with E-state index in [0.29, 0.717) is 12.1 Å². The highest BCUT2D eigenvalue weighted by Gasteiger charge is 2.16. The lowest BCUT2D eigenvalue weighted by Crippen LogP contribution is -2.43.